The molecule has 5 nitrogen and oxygen atoms in total. The number of hydrogen-bond acceptors (Lipinski definition) is 2. The van der Waals surface area contributed by atoms with Gasteiger partial charge in [-0.1, -0.05) is 26.7 Å². The van der Waals surface area contributed by atoms with Gasteiger partial charge in [-0.15, -0.1) is 0 Å². The second-order valence-electron chi connectivity index (χ2n) is 6.52. The number of aliphatic carboxylic acids is 1. The average Bonchev–Trinajstić information content (AvgIpc) is 2.42. The maximum absolute atomic E-state index is 12.4. The zero-order valence-corrected chi connectivity index (χ0v) is 12.5. The highest BCUT2D eigenvalue weighted by atomic mass is 16.4. The van der Waals surface area contributed by atoms with Gasteiger partial charge in [-0.05, 0) is 37.5 Å². The molecule has 1 aliphatic carbocycles. The van der Waals surface area contributed by atoms with Gasteiger partial charge in [0.2, 0.25) is 0 Å². The van der Waals surface area contributed by atoms with E-state index in [9.17, 15) is 14.7 Å². The number of carboxylic acid groups (broad SMARTS) is 1. The molecular weight excluding hydrogens is 256 g/mol. The average molecular weight is 282 g/mol. The number of hydrogen-bond donors (Lipinski definition) is 2. The molecular formula is C15H26N2O3. The highest BCUT2D eigenvalue weighted by Gasteiger charge is 2.47. The van der Waals surface area contributed by atoms with Gasteiger partial charge < -0.3 is 15.3 Å². The summed E-state index contributed by atoms with van der Waals surface area (Å²) in [6, 6.07) is -0.201. The van der Waals surface area contributed by atoms with Crippen LogP contribution in [0, 0.1) is 11.8 Å². The minimum absolute atomic E-state index is 0.0126. The Balaban J connectivity index is 2.04. The summed E-state index contributed by atoms with van der Waals surface area (Å²) >= 11 is 0. The maximum atomic E-state index is 12.4. The molecule has 114 valence electrons. The molecule has 1 saturated carbocycles. The van der Waals surface area contributed by atoms with Gasteiger partial charge in [0, 0.05) is 13.1 Å². The van der Waals surface area contributed by atoms with Crippen LogP contribution >= 0.6 is 0 Å². The molecule has 2 atom stereocenters. The molecule has 2 fully saturated rings. The Morgan fingerprint density at radius 1 is 1.15 bits per heavy atom. The smallest absolute Gasteiger partial charge is 0.329 e. The van der Waals surface area contributed by atoms with Gasteiger partial charge >= 0.3 is 12.0 Å². The van der Waals surface area contributed by atoms with Crippen molar-refractivity contribution in [2.75, 3.05) is 13.1 Å². The molecule has 0 spiro atoms. The first-order chi connectivity index (χ1) is 9.45. The Morgan fingerprint density at radius 2 is 1.80 bits per heavy atom. The summed E-state index contributed by atoms with van der Waals surface area (Å²) in [6.45, 7) is 5.59. The molecule has 1 aliphatic heterocycles. The molecule has 20 heavy (non-hydrogen) atoms. The normalized spacial score (nSPS) is 31.9. The number of nitrogens with one attached hydrogen (secondary N) is 1. The lowest BCUT2D eigenvalue weighted by molar-refractivity contribution is -0.148. The van der Waals surface area contributed by atoms with Gasteiger partial charge in [0.25, 0.3) is 0 Å². The van der Waals surface area contributed by atoms with Crippen molar-refractivity contribution in [2.24, 2.45) is 11.8 Å². The van der Waals surface area contributed by atoms with Crippen LogP contribution in [0.25, 0.3) is 0 Å². The molecule has 5 heteroatoms. The number of carbonyl (C=O) groups is 2. The third kappa shape index (κ3) is 2.91. The van der Waals surface area contributed by atoms with E-state index in [-0.39, 0.29) is 11.9 Å². The Bertz CT molecular complexity index is 377. The third-order valence-corrected chi connectivity index (χ3v) is 5.08. The van der Waals surface area contributed by atoms with E-state index in [1.54, 1.807) is 4.90 Å². The van der Waals surface area contributed by atoms with Gasteiger partial charge in [0.1, 0.15) is 5.54 Å². The fourth-order valence-corrected chi connectivity index (χ4v) is 3.39. The zero-order valence-electron chi connectivity index (χ0n) is 12.5. The summed E-state index contributed by atoms with van der Waals surface area (Å²) in [5.41, 5.74) is -1.07. The Morgan fingerprint density at radius 3 is 2.35 bits per heavy atom. The number of carbonyl (C=O) groups excluding carboxylic acids is 1. The molecule has 1 saturated heterocycles. The van der Waals surface area contributed by atoms with Crippen molar-refractivity contribution in [1.29, 1.82) is 0 Å². The van der Waals surface area contributed by atoms with E-state index in [4.69, 9.17) is 0 Å². The number of nitrogens with zero attached hydrogens (tertiary/aromatic N) is 1. The molecule has 0 aromatic rings. The SMILES string of the molecule is CC1CCN(C(=O)NC2(C(=O)O)CCCCC2C)CC1. The van der Waals surface area contributed by atoms with Crippen LogP contribution in [0.3, 0.4) is 0 Å². The van der Waals surface area contributed by atoms with Gasteiger partial charge in [-0.2, -0.15) is 0 Å². The van der Waals surface area contributed by atoms with Crippen LogP contribution in [0.5, 0.6) is 0 Å². The van der Waals surface area contributed by atoms with Crippen molar-refractivity contribution >= 4 is 12.0 Å². The number of piperidine rings is 1. The van der Waals surface area contributed by atoms with Gasteiger partial charge in [0.05, 0.1) is 0 Å². The molecule has 0 radical (unpaired) electrons. The lowest BCUT2D eigenvalue weighted by atomic mass is 9.73. The number of likely N-dealkylation sites (tertiary alicyclic amines) is 1. The van der Waals surface area contributed by atoms with E-state index in [0.29, 0.717) is 12.3 Å². The summed E-state index contributed by atoms with van der Waals surface area (Å²) < 4.78 is 0. The van der Waals surface area contributed by atoms with Crippen LogP contribution < -0.4 is 5.32 Å². The van der Waals surface area contributed by atoms with Crippen molar-refractivity contribution in [3.05, 3.63) is 0 Å². The molecule has 2 amide bonds. The standard InChI is InChI=1S/C15H26N2O3/c1-11-6-9-17(10-7-11)14(20)16-15(13(18)19)8-4-3-5-12(15)2/h11-12H,3-10H2,1-2H3,(H,16,20)(H,18,19). The number of rotatable bonds is 2. The zero-order chi connectivity index (χ0) is 14.8. The van der Waals surface area contributed by atoms with Crippen molar-refractivity contribution in [3.63, 3.8) is 0 Å². The number of urea groups is 1. The topological polar surface area (TPSA) is 69.6 Å². The summed E-state index contributed by atoms with van der Waals surface area (Å²) in [5, 5.41) is 12.5. The summed E-state index contributed by atoms with van der Waals surface area (Å²) in [4.78, 5) is 25.9. The molecule has 2 aliphatic rings. The predicted octanol–water partition coefficient (Wildman–Crippen LogP) is 2.46. The highest BCUT2D eigenvalue weighted by Crippen LogP contribution is 2.34. The van der Waals surface area contributed by atoms with Crippen molar-refractivity contribution in [2.45, 2.75) is 57.9 Å². The van der Waals surface area contributed by atoms with Crippen LogP contribution in [-0.2, 0) is 4.79 Å². The van der Waals surface area contributed by atoms with E-state index < -0.39 is 11.5 Å². The first kappa shape index (κ1) is 15.1. The molecule has 2 rings (SSSR count). The number of amides is 2. The van der Waals surface area contributed by atoms with Gasteiger partial charge in [0.15, 0.2) is 0 Å². The van der Waals surface area contributed by atoms with Crippen molar-refractivity contribution < 1.29 is 14.7 Å². The van der Waals surface area contributed by atoms with E-state index in [1.165, 1.54) is 0 Å². The van der Waals surface area contributed by atoms with Gasteiger partial charge in [-0.3, -0.25) is 0 Å². The molecule has 0 aromatic heterocycles. The Kier molecular flexibility index (Phi) is 4.55. The van der Waals surface area contributed by atoms with Crippen LogP contribution in [0.2, 0.25) is 0 Å². The second-order valence-corrected chi connectivity index (χ2v) is 6.52. The van der Waals surface area contributed by atoms with Crippen molar-refractivity contribution in [1.82, 2.24) is 10.2 Å². The Labute approximate surface area is 120 Å². The molecule has 2 unspecified atom stereocenters. The van der Waals surface area contributed by atoms with Crippen LogP contribution in [0.1, 0.15) is 52.4 Å². The maximum Gasteiger partial charge on any atom is 0.329 e. The lowest BCUT2D eigenvalue weighted by Crippen LogP contribution is -2.62. The summed E-state index contributed by atoms with van der Waals surface area (Å²) in [6.07, 6.45) is 5.33. The van der Waals surface area contributed by atoms with Crippen molar-refractivity contribution in [3.8, 4) is 0 Å². The highest BCUT2D eigenvalue weighted by molar-refractivity contribution is 5.86. The first-order valence-electron chi connectivity index (χ1n) is 7.76. The van der Waals surface area contributed by atoms with E-state index in [2.05, 4.69) is 12.2 Å². The third-order valence-electron chi connectivity index (χ3n) is 5.08. The number of carboxylic acids is 1. The quantitative estimate of drug-likeness (QED) is 0.817. The fraction of sp³-hybridized carbons (Fsp3) is 0.867. The molecule has 1 heterocycles. The van der Waals surface area contributed by atoms with Gasteiger partial charge in [-0.25, -0.2) is 9.59 Å². The molecule has 0 bridgehead atoms. The molecule has 2 N–H and O–H groups in total. The fourth-order valence-electron chi connectivity index (χ4n) is 3.39. The first-order valence-corrected chi connectivity index (χ1v) is 7.76. The van der Waals surface area contributed by atoms with E-state index >= 15 is 0 Å². The second kappa shape index (κ2) is 6.02. The van der Waals surface area contributed by atoms with Crippen LogP contribution in [-0.4, -0.2) is 40.6 Å². The van der Waals surface area contributed by atoms with E-state index in [0.717, 1.165) is 45.2 Å². The Hall–Kier alpha value is -1.26. The minimum atomic E-state index is -1.07. The van der Waals surface area contributed by atoms with Crippen LogP contribution in [0.4, 0.5) is 4.79 Å². The minimum Gasteiger partial charge on any atom is -0.479 e. The molecule has 0 aromatic carbocycles. The monoisotopic (exact) mass is 282 g/mol. The lowest BCUT2D eigenvalue weighted by Gasteiger charge is -2.41. The summed E-state index contributed by atoms with van der Waals surface area (Å²) in [5.74, 6) is -0.245. The predicted molar refractivity (Wildman–Crippen MR) is 76.5 cm³/mol. The largest absolute Gasteiger partial charge is 0.479 e. The van der Waals surface area contributed by atoms with Crippen LogP contribution in [0.15, 0.2) is 0 Å². The van der Waals surface area contributed by atoms with E-state index in [1.807, 2.05) is 6.92 Å². The summed E-state index contributed by atoms with van der Waals surface area (Å²) in [7, 11) is 0.